The van der Waals surface area contributed by atoms with Gasteiger partial charge in [-0.15, -0.1) is 13.2 Å². The number of rotatable bonds is 10. The SMILES string of the molecule is C=C[Si](C)(C)O[Si](C)(C)O[SiH](C)O[Si](C)(C)O[Si](C)(C)C=C. The first kappa shape index (κ1) is 22.4. The summed E-state index contributed by atoms with van der Waals surface area (Å²) in [6.07, 6.45) is 0. The molecule has 0 N–H and O–H groups in total. The molecule has 0 heterocycles. The molecule has 0 spiro atoms. The van der Waals surface area contributed by atoms with Crippen molar-refractivity contribution in [2.24, 2.45) is 0 Å². The minimum Gasteiger partial charge on any atom is -0.433 e. The molecule has 9 heteroatoms. The van der Waals surface area contributed by atoms with Crippen LogP contribution in [0, 0.1) is 0 Å². The zero-order valence-electron chi connectivity index (χ0n) is 15.8. The van der Waals surface area contributed by atoms with Gasteiger partial charge in [0.2, 0.25) is 0 Å². The van der Waals surface area contributed by atoms with E-state index in [1.165, 1.54) is 0 Å². The maximum atomic E-state index is 6.24. The first-order valence-corrected chi connectivity index (χ1v) is 21.4. The molecule has 0 bridgehead atoms. The summed E-state index contributed by atoms with van der Waals surface area (Å²) in [6.45, 7) is 26.6. The maximum Gasteiger partial charge on any atom is 0.312 e. The van der Waals surface area contributed by atoms with Crippen LogP contribution in [0.3, 0.4) is 0 Å². The van der Waals surface area contributed by atoms with Crippen molar-refractivity contribution in [1.29, 1.82) is 0 Å². The second-order valence-corrected chi connectivity index (χ2v) is 24.9. The van der Waals surface area contributed by atoms with Crippen LogP contribution in [0.2, 0.25) is 58.9 Å². The second-order valence-electron chi connectivity index (χ2n) is 7.42. The van der Waals surface area contributed by atoms with Gasteiger partial charge in [-0.05, 0) is 58.9 Å². The topological polar surface area (TPSA) is 36.9 Å². The van der Waals surface area contributed by atoms with Crippen LogP contribution in [0.5, 0.6) is 0 Å². The van der Waals surface area contributed by atoms with Crippen LogP contribution < -0.4 is 0 Å². The van der Waals surface area contributed by atoms with E-state index in [0.717, 1.165) is 0 Å². The van der Waals surface area contributed by atoms with Crippen molar-refractivity contribution in [3.05, 3.63) is 24.6 Å². The van der Waals surface area contributed by atoms with Crippen LogP contribution in [0.25, 0.3) is 0 Å². The van der Waals surface area contributed by atoms with Crippen LogP contribution >= 0.6 is 0 Å². The maximum absolute atomic E-state index is 6.24. The zero-order valence-corrected chi connectivity index (χ0v) is 20.9. The summed E-state index contributed by atoms with van der Waals surface area (Å²) < 4.78 is 24.9. The lowest BCUT2D eigenvalue weighted by atomic mass is 11.3. The molecule has 0 atom stereocenters. The van der Waals surface area contributed by atoms with Gasteiger partial charge >= 0.3 is 26.4 Å². The fourth-order valence-electron chi connectivity index (χ4n) is 2.22. The molecule has 0 radical (unpaired) electrons. The summed E-state index contributed by atoms with van der Waals surface area (Å²) >= 11 is 0. The molecule has 0 aliphatic carbocycles. The molecule has 0 unspecified atom stereocenters. The highest BCUT2D eigenvalue weighted by atomic mass is 28.5. The van der Waals surface area contributed by atoms with Crippen LogP contribution in [-0.4, -0.2) is 43.0 Å². The fourth-order valence-corrected chi connectivity index (χ4v) is 21.3. The van der Waals surface area contributed by atoms with Gasteiger partial charge in [-0.1, -0.05) is 11.4 Å². The van der Waals surface area contributed by atoms with Crippen LogP contribution in [0.1, 0.15) is 0 Å². The Balaban J connectivity index is 4.69. The van der Waals surface area contributed by atoms with Gasteiger partial charge in [0.1, 0.15) is 0 Å². The van der Waals surface area contributed by atoms with E-state index in [4.69, 9.17) is 16.5 Å². The van der Waals surface area contributed by atoms with Gasteiger partial charge in [0, 0.05) is 0 Å². The van der Waals surface area contributed by atoms with E-state index in [1.807, 2.05) is 11.4 Å². The fraction of sp³-hybridized carbons (Fsp3) is 0.692. The van der Waals surface area contributed by atoms with Gasteiger partial charge in [0.25, 0.3) is 0 Å². The van der Waals surface area contributed by atoms with Crippen molar-refractivity contribution >= 4 is 43.0 Å². The molecule has 0 aromatic carbocycles. The average molecular weight is 395 g/mol. The van der Waals surface area contributed by atoms with Gasteiger partial charge in [0.15, 0.2) is 16.6 Å². The smallest absolute Gasteiger partial charge is 0.312 e. The molecule has 0 amide bonds. The van der Waals surface area contributed by atoms with Crippen LogP contribution in [0.4, 0.5) is 0 Å². The molecule has 0 rings (SSSR count). The monoisotopic (exact) mass is 394 g/mol. The third kappa shape index (κ3) is 9.52. The predicted octanol–water partition coefficient (Wildman–Crippen LogP) is 4.17. The van der Waals surface area contributed by atoms with Crippen LogP contribution in [0.15, 0.2) is 24.6 Å². The molecule has 0 saturated carbocycles. The lowest BCUT2D eigenvalue weighted by molar-refractivity contribution is 0.321. The summed E-state index contributed by atoms with van der Waals surface area (Å²) in [4.78, 5) is 0. The number of hydrogen-bond acceptors (Lipinski definition) is 4. The minimum atomic E-state index is -2.20. The summed E-state index contributed by atoms with van der Waals surface area (Å²) in [6, 6.07) is 0. The van der Waals surface area contributed by atoms with Gasteiger partial charge in [-0.25, -0.2) is 0 Å². The molecule has 0 fully saturated rings. The van der Waals surface area contributed by atoms with Crippen molar-refractivity contribution in [3.63, 3.8) is 0 Å². The third-order valence-electron chi connectivity index (χ3n) is 2.90. The zero-order chi connectivity index (χ0) is 17.8. The normalized spacial score (nSPS) is 14.3. The Bertz CT molecular complexity index is 360. The van der Waals surface area contributed by atoms with Gasteiger partial charge < -0.3 is 16.5 Å². The van der Waals surface area contributed by atoms with E-state index in [9.17, 15) is 0 Å². The van der Waals surface area contributed by atoms with E-state index < -0.39 is 43.0 Å². The van der Waals surface area contributed by atoms with E-state index in [1.54, 1.807) is 0 Å². The molecule has 0 aromatic heterocycles. The van der Waals surface area contributed by atoms with E-state index in [-0.39, 0.29) is 0 Å². The third-order valence-corrected chi connectivity index (χ3v) is 20.2. The van der Waals surface area contributed by atoms with E-state index in [0.29, 0.717) is 0 Å². The first-order chi connectivity index (χ1) is 9.64. The molecular weight excluding hydrogens is 361 g/mol. The first-order valence-electron chi connectivity index (χ1n) is 7.67. The molecule has 0 aromatic rings. The Labute approximate surface area is 143 Å². The Hall–Kier alpha value is 0.404. The molecule has 0 aliphatic heterocycles. The average Bonchev–Trinajstić information content (AvgIpc) is 2.23. The Morgan fingerprint density at radius 1 is 0.682 bits per heavy atom. The Morgan fingerprint density at radius 2 is 0.955 bits per heavy atom. The largest absolute Gasteiger partial charge is 0.433 e. The highest BCUT2D eigenvalue weighted by Gasteiger charge is 2.39. The summed E-state index contributed by atoms with van der Waals surface area (Å²) in [5, 5.41) is 0. The Kier molecular flexibility index (Phi) is 8.13. The van der Waals surface area contributed by atoms with E-state index >= 15 is 0 Å². The van der Waals surface area contributed by atoms with Crippen molar-refractivity contribution in [2.45, 2.75) is 58.9 Å². The standard InChI is InChI=1S/C13H34O4Si5/c1-12-19(4,5)16-21(8,9)14-18(3)15-22(10,11)17-20(6,7)13-2/h12-13,18H,1-2H2,3-11H3. The minimum absolute atomic E-state index is 1.80. The molecule has 0 aliphatic rings. The van der Waals surface area contributed by atoms with Crippen molar-refractivity contribution in [1.82, 2.24) is 0 Å². The van der Waals surface area contributed by atoms with Crippen LogP contribution in [-0.2, 0) is 16.5 Å². The Morgan fingerprint density at radius 3 is 1.18 bits per heavy atom. The van der Waals surface area contributed by atoms with Crippen molar-refractivity contribution < 1.29 is 16.5 Å². The van der Waals surface area contributed by atoms with Gasteiger partial charge in [0.05, 0.1) is 0 Å². The van der Waals surface area contributed by atoms with E-state index in [2.05, 4.69) is 72.1 Å². The second kappa shape index (κ2) is 7.99. The molecule has 22 heavy (non-hydrogen) atoms. The molecule has 0 saturated heterocycles. The molecule has 130 valence electrons. The predicted molar refractivity (Wildman–Crippen MR) is 108 cm³/mol. The van der Waals surface area contributed by atoms with Gasteiger partial charge in [-0.2, -0.15) is 0 Å². The summed E-state index contributed by atoms with van der Waals surface area (Å²) in [5.74, 6) is 0. The van der Waals surface area contributed by atoms with Crippen molar-refractivity contribution in [2.75, 3.05) is 0 Å². The highest BCUT2D eigenvalue weighted by Crippen LogP contribution is 2.21. The quantitative estimate of drug-likeness (QED) is 0.521. The lowest BCUT2D eigenvalue weighted by Gasteiger charge is -2.37. The molecular formula is C13H34O4Si5. The molecule has 4 nitrogen and oxygen atoms in total. The summed E-state index contributed by atoms with van der Waals surface area (Å²) in [5.41, 5.74) is 3.89. The summed E-state index contributed by atoms with van der Waals surface area (Å²) in [7, 11) is -9.90. The van der Waals surface area contributed by atoms with Gasteiger partial charge in [-0.3, -0.25) is 0 Å². The van der Waals surface area contributed by atoms with Crippen molar-refractivity contribution in [3.8, 4) is 0 Å². The number of hydrogen-bond donors (Lipinski definition) is 0. The highest BCUT2D eigenvalue weighted by molar-refractivity contribution is 6.89. The lowest BCUT2D eigenvalue weighted by Crippen LogP contribution is -2.53.